The lowest BCUT2D eigenvalue weighted by atomic mass is 10.0. The van der Waals surface area contributed by atoms with E-state index >= 15 is 0 Å². The lowest BCUT2D eigenvalue weighted by molar-refractivity contribution is 0.0526. The number of fused-ring (bicyclic) bond motifs is 1. The van der Waals surface area contributed by atoms with E-state index in [1.807, 2.05) is 24.3 Å². The number of esters is 1. The van der Waals surface area contributed by atoms with Crippen LogP contribution in [0.25, 0.3) is 28.1 Å². The third kappa shape index (κ3) is 4.50. The highest BCUT2D eigenvalue weighted by molar-refractivity contribution is 6.30. The van der Waals surface area contributed by atoms with Gasteiger partial charge in [-0.1, -0.05) is 35.9 Å². The number of halogens is 2. The molecule has 0 unspecified atom stereocenters. The van der Waals surface area contributed by atoms with Crippen LogP contribution in [0.1, 0.15) is 22.8 Å². The maximum absolute atomic E-state index is 14.3. The summed E-state index contributed by atoms with van der Waals surface area (Å²) in [6, 6.07) is 12.1. The van der Waals surface area contributed by atoms with Crippen molar-refractivity contribution < 1.29 is 18.7 Å². The van der Waals surface area contributed by atoms with E-state index < -0.39 is 5.97 Å². The van der Waals surface area contributed by atoms with Crippen molar-refractivity contribution in [3.63, 3.8) is 0 Å². The first-order valence-electron chi connectivity index (χ1n) is 11.0. The predicted molar refractivity (Wildman–Crippen MR) is 131 cm³/mol. The van der Waals surface area contributed by atoms with E-state index in [-0.39, 0.29) is 23.9 Å². The maximum atomic E-state index is 14.3. The molecule has 0 N–H and O–H groups in total. The SMILES string of the molecule is CCOC(=O)c1cnn(-c2nc(OC)c3c(cnn3Cc3ccc(-c4ccc(Cl)cc4F)cc3)n2)c1. The summed E-state index contributed by atoms with van der Waals surface area (Å²) < 4.78 is 27.9. The molecule has 0 saturated heterocycles. The summed E-state index contributed by atoms with van der Waals surface area (Å²) in [6.45, 7) is 2.41. The number of methoxy groups -OCH3 is 1. The summed E-state index contributed by atoms with van der Waals surface area (Å²) in [7, 11) is 1.51. The van der Waals surface area contributed by atoms with Gasteiger partial charge in [0.1, 0.15) is 16.9 Å². The lowest BCUT2D eigenvalue weighted by Gasteiger charge is -2.09. The Balaban J connectivity index is 1.43. The zero-order valence-corrected chi connectivity index (χ0v) is 20.1. The van der Waals surface area contributed by atoms with Gasteiger partial charge in [-0.05, 0) is 36.2 Å². The Morgan fingerprint density at radius 1 is 1.08 bits per heavy atom. The summed E-state index contributed by atoms with van der Waals surface area (Å²) in [5, 5.41) is 8.97. The molecule has 9 nitrogen and oxygen atoms in total. The number of benzene rings is 2. The normalized spacial score (nSPS) is 11.1. The molecule has 3 aromatic heterocycles. The number of carbonyl (C=O) groups is 1. The average molecular weight is 507 g/mol. The number of nitrogens with zero attached hydrogens (tertiary/aromatic N) is 6. The second kappa shape index (κ2) is 9.74. The third-order valence-electron chi connectivity index (χ3n) is 5.47. The summed E-state index contributed by atoms with van der Waals surface area (Å²) >= 11 is 5.86. The molecule has 0 aliphatic heterocycles. The van der Waals surface area contributed by atoms with E-state index in [1.165, 1.54) is 30.3 Å². The fourth-order valence-corrected chi connectivity index (χ4v) is 3.92. The Morgan fingerprint density at radius 2 is 1.89 bits per heavy atom. The van der Waals surface area contributed by atoms with Crippen molar-refractivity contribution in [1.29, 1.82) is 0 Å². The van der Waals surface area contributed by atoms with Crippen LogP contribution in [0.2, 0.25) is 5.02 Å². The highest BCUT2D eigenvalue weighted by atomic mass is 35.5. The number of ether oxygens (including phenoxy) is 2. The van der Waals surface area contributed by atoms with Gasteiger partial charge in [-0.2, -0.15) is 15.2 Å². The zero-order valence-electron chi connectivity index (χ0n) is 19.4. The first kappa shape index (κ1) is 23.4. The molecule has 182 valence electrons. The van der Waals surface area contributed by atoms with Gasteiger partial charge >= 0.3 is 5.97 Å². The molecule has 5 rings (SSSR count). The van der Waals surface area contributed by atoms with Gasteiger partial charge in [0.25, 0.3) is 5.95 Å². The smallest absolute Gasteiger partial charge is 0.341 e. The number of carbonyl (C=O) groups excluding carboxylic acids is 1. The van der Waals surface area contributed by atoms with Gasteiger partial charge in [-0.3, -0.25) is 4.68 Å². The van der Waals surface area contributed by atoms with E-state index in [2.05, 4.69) is 20.2 Å². The van der Waals surface area contributed by atoms with Crippen molar-refractivity contribution in [2.45, 2.75) is 13.5 Å². The van der Waals surface area contributed by atoms with Crippen LogP contribution in [0.5, 0.6) is 5.88 Å². The molecule has 3 heterocycles. The quantitative estimate of drug-likeness (QED) is 0.295. The fraction of sp³-hybridized carbons (Fsp3) is 0.160. The molecule has 36 heavy (non-hydrogen) atoms. The minimum Gasteiger partial charge on any atom is -0.479 e. The first-order valence-corrected chi connectivity index (χ1v) is 11.4. The van der Waals surface area contributed by atoms with E-state index in [9.17, 15) is 9.18 Å². The van der Waals surface area contributed by atoms with Crippen LogP contribution in [0.4, 0.5) is 4.39 Å². The zero-order chi connectivity index (χ0) is 25.2. The molecule has 0 aliphatic rings. The standard InChI is InChI=1S/C25H20ClFN6O3/c1-3-36-24(34)17-11-28-33(14-17)25-30-21-12-29-32(22(21)23(31-25)35-2)13-15-4-6-16(7-5-15)19-9-8-18(26)10-20(19)27/h4-12,14H,3,13H2,1-2H3. The Kier molecular flexibility index (Phi) is 6.34. The molecule has 0 atom stereocenters. The van der Waals surface area contributed by atoms with Crippen LogP contribution >= 0.6 is 11.6 Å². The number of rotatable bonds is 7. The summed E-state index contributed by atoms with van der Waals surface area (Å²) in [5.41, 5.74) is 3.59. The third-order valence-corrected chi connectivity index (χ3v) is 5.70. The van der Waals surface area contributed by atoms with Crippen molar-refractivity contribution >= 4 is 28.6 Å². The van der Waals surface area contributed by atoms with E-state index in [0.717, 1.165) is 11.1 Å². The molecule has 2 aromatic carbocycles. The van der Waals surface area contributed by atoms with Crippen molar-refractivity contribution in [2.75, 3.05) is 13.7 Å². The van der Waals surface area contributed by atoms with Gasteiger partial charge in [0, 0.05) is 16.8 Å². The van der Waals surface area contributed by atoms with Crippen molar-refractivity contribution in [2.24, 2.45) is 0 Å². The van der Waals surface area contributed by atoms with Gasteiger partial charge in [0.2, 0.25) is 5.88 Å². The Bertz CT molecular complexity index is 1560. The molecule has 0 saturated carbocycles. The van der Waals surface area contributed by atoms with Crippen LogP contribution < -0.4 is 4.74 Å². The average Bonchev–Trinajstić information content (AvgIpc) is 3.52. The van der Waals surface area contributed by atoms with Gasteiger partial charge < -0.3 is 9.47 Å². The fourth-order valence-electron chi connectivity index (χ4n) is 3.76. The lowest BCUT2D eigenvalue weighted by Crippen LogP contribution is -2.07. The number of hydrogen-bond acceptors (Lipinski definition) is 7. The Hall–Kier alpha value is -4.31. The largest absolute Gasteiger partial charge is 0.479 e. The molecule has 0 bridgehead atoms. The van der Waals surface area contributed by atoms with E-state index in [1.54, 1.807) is 29.9 Å². The monoisotopic (exact) mass is 506 g/mol. The Morgan fingerprint density at radius 3 is 2.61 bits per heavy atom. The van der Waals surface area contributed by atoms with Crippen molar-refractivity contribution in [1.82, 2.24) is 29.5 Å². The predicted octanol–water partition coefficient (Wildman–Crippen LogP) is 4.71. The summed E-state index contributed by atoms with van der Waals surface area (Å²) in [5.74, 6) is -0.323. The van der Waals surface area contributed by atoms with Gasteiger partial charge in [-0.25, -0.2) is 18.9 Å². The molecule has 0 aliphatic carbocycles. The van der Waals surface area contributed by atoms with Crippen molar-refractivity contribution in [3.05, 3.63) is 83.0 Å². The van der Waals surface area contributed by atoms with Crippen LogP contribution in [-0.4, -0.2) is 49.2 Å². The molecule has 0 amide bonds. The van der Waals surface area contributed by atoms with Crippen LogP contribution in [0, 0.1) is 5.82 Å². The van der Waals surface area contributed by atoms with Gasteiger partial charge in [0.05, 0.1) is 38.2 Å². The minimum atomic E-state index is -0.477. The van der Waals surface area contributed by atoms with Gasteiger partial charge in [-0.15, -0.1) is 0 Å². The second-order valence-corrected chi connectivity index (χ2v) is 8.22. The first-order chi connectivity index (χ1) is 17.5. The molecule has 5 aromatic rings. The highest BCUT2D eigenvalue weighted by Crippen LogP contribution is 2.27. The summed E-state index contributed by atoms with van der Waals surface area (Å²) in [4.78, 5) is 20.9. The number of hydrogen-bond donors (Lipinski definition) is 0. The second-order valence-electron chi connectivity index (χ2n) is 7.78. The molecular formula is C25H20ClFN6O3. The molecule has 0 spiro atoms. The molecule has 0 fully saturated rings. The molecular weight excluding hydrogens is 487 g/mol. The molecule has 0 radical (unpaired) electrons. The topological polar surface area (TPSA) is 97.0 Å². The Labute approximate surface area is 210 Å². The van der Waals surface area contributed by atoms with Gasteiger partial charge in [0.15, 0.2) is 0 Å². The van der Waals surface area contributed by atoms with Crippen molar-refractivity contribution in [3.8, 4) is 23.0 Å². The highest BCUT2D eigenvalue weighted by Gasteiger charge is 2.18. The van der Waals surface area contributed by atoms with Crippen LogP contribution in [0.3, 0.4) is 0 Å². The minimum absolute atomic E-state index is 0.226. The number of aromatic nitrogens is 6. The van der Waals surface area contributed by atoms with E-state index in [0.29, 0.717) is 34.0 Å². The van der Waals surface area contributed by atoms with Crippen LogP contribution in [0.15, 0.2) is 61.1 Å². The molecule has 11 heteroatoms. The summed E-state index contributed by atoms with van der Waals surface area (Å²) in [6.07, 6.45) is 4.49. The maximum Gasteiger partial charge on any atom is 0.341 e. The van der Waals surface area contributed by atoms with Crippen LogP contribution in [-0.2, 0) is 11.3 Å². The van der Waals surface area contributed by atoms with E-state index in [4.69, 9.17) is 21.1 Å².